The zero-order valence-corrected chi connectivity index (χ0v) is 17.0. The Hall–Kier alpha value is -2.99. The van der Waals surface area contributed by atoms with Gasteiger partial charge in [0.2, 0.25) is 15.9 Å². The van der Waals surface area contributed by atoms with Crippen molar-refractivity contribution in [1.82, 2.24) is 29.6 Å². The lowest BCUT2D eigenvalue weighted by atomic mass is 10.1. The monoisotopic (exact) mass is 430 g/mol. The zero-order chi connectivity index (χ0) is 20.9. The first-order valence-corrected chi connectivity index (χ1v) is 11.3. The number of aromatic nitrogens is 5. The summed E-state index contributed by atoms with van der Waals surface area (Å²) >= 11 is 0. The van der Waals surface area contributed by atoms with Crippen LogP contribution in [-0.4, -0.2) is 69.1 Å². The Labute approximate surface area is 172 Å². The van der Waals surface area contributed by atoms with Gasteiger partial charge >= 0.3 is 0 Å². The predicted molar refractivity (Wildman–Crippen MR) is 108 cm³/mol. The van der Waals surface area contributed by atoms with Gasteiger partial charge in [0.05, 0.1) is 17.1 Å². The van der Waals surface area contributed by atoms with Crippen molar-refractivity contribution in [3.05, 3.63) is 31.0 Å². The topological polar surface area (TPSA) is 143 Å². The van der Waals surface area contributed by atoms with Gasteiger partial charge in [-0.05, 0) is 18.9 Å². The highest BCUT2D eigenvalue weighted by Gasteiger charge is 2.53. The van der Waals surface area contributed by atoms with Crippen LogP contribution in [0.5, 0.6) is 0 Å². The number of hydrogen-bond donors (Lipinski definition) is 2. The minimum Gasteiger partial charge on any atom is -0.352 e. The molecule has 158 valence electrons. The third-order valence-electron chi connectivity index (χ3n) is 5.90. The summed E-state index contributed by atoms with van der Waals surface area (Å²) in [5, 5.41) is 10.1. The highest BCUT2D eigenvalue weighted by atomic mass is 32.2. The quantitative estimate of drug-likeness (QED) is 0.583. The highest BCUT2D eigenvalue weighted by Crippen LogP contribution is 2.45. The first-order chi connectivity index (χ1) is 14.4. The number of fused-ring (bicyclic) bond motifs is 1. The number of nitrogens with two attached hydrogens (primary N) is 1. The maximum Gasteiger partial charge on any atom is 0.241 e. The summed E-state index contributed by atoms with van der Waals surface area (Å²) in [7, 11) is -3.79. The van der Waals surface area contributed by atoms with E-state index < -0.39 is 10.0 Å². The first-order valence-electron chi connectivity index (χ1n) is 9.75. The normalized spacial score (nSPS) is 18.3. The van der Waals surface area contributed by atoms with Crippen molar-refractivity contribution in [1.29, 1.82) is 0 Å². The summed E-state index contributed by atoms with van der Waals surface area (Å²) < 4.78 is 24.2. The summed E-state index contributed by atoms with van der Waals surface area (Å²) in [4.78, 5) is 28.9. The molecule has 0 radical (unpaired) electrons. The van der Waals surface area contributed by atoms with E-state index in [-0.39, 0.29) is 22.8 Å². The molecular formula is C18H22N8O3S. The summed E-state index contributed by atoms with van der Waals surface area (Å²) in [5.74, 6) is 0.945. The number of nitrogens with one attached hydrogen (secondary N) is 1. The van der Waals surface area contributed by atoms with Gasteiger partial charge in [-0.3, -0.25) is 9.48 Å². The molecule has 3 N–H and O–H groups in total. The fraction of sp³-hybridized carbons (Fsp3) is 0.444. The Morgan fingerprint density at radius 3 is 2.83 bits per heavy atom. The molecule has 0 aromatic carbocycles. The third kappa shape index (κ3) is 3.31. The van der Waals surface area contributed by atoms with Gasteiger partial charge in [0.1, 0.15) is 22.7 Å². The van der Waals surface area contributed by atoms with E-state index in [9.17, 15) is 13.2 Å². The average molecular weight is 430 g/mol. The Morgan fingerprint density at radius 2 is 2.10 bits per heavy atom. The van der Waals surface area contributed by atoms with Gasteiger partial charge in [0.15, 0.2) is 0 Å². The SMILES string of the molecule is NS(=O)(=O)c1cnn(CCC(=O)N2CCN(c3ncnc4[nH]ccc34)CC23CC3)c1. The van der Waals surface area contributed by atoms with Gasteiger partial charge < -0.3 is 14.8 Å². The lowest BCUT2D eigenvalue weighted by Crippen LogP contribution is -2.57. The summed E-state index contributed by atoms with van der Waals surface area (Å²) in [6.07, 6.45) is 8.15. The number of rotatable bonds is 5. The van der Waals surface area contributed by atoms with E-state index in [4.69, 9.17) is 5.14 Å². The minimum absolute atomic E-state index is 0.0503. The summed E-state index contributed by atoms with van der Waals surface area (Å²) in [6, 6.07) is 1.97. The van der Waals surface area contributed by atoms with Crippen LogP contribution in [0.15, 0.2) is 35.9 Å². The second kappa shape index (κ2) is 6.77. The van der Waals surface area contributed by atoms with Crippen LogP contribution in [-0.2, 0) is 21.4 Å². The predicted octanol–water partition coefficient (Wildman–Crippen LogP) is 0.0733. The van der Waals surface area contributed by atoms with E-state index in [0.29, 0.717) is 19.6 Å². The van der Waals surface area contributed by atoms with Crippen LogP contribution < -0.4 is 10.0 Å². The molecule has 30 heavy (non-hydrogen) atoms. The number of piperazine rings is 1. The molecule has 3 aromatic rings. The van der Waals surface area contributed by atoms with Crippen LogP contribution in [0.3, 0.4) is 0 Å². The number of anilines is 1. The number of aryl methyl sites for hydroxylation is 1. The molecule has 2 aliphatic rings. The maximum atomic E-state index is 12.9. The van der Waals surface area contributed by atoms with Crippen LogP contribution in [0.2, 0.25) is 0 Å². The molecule has 1 saturated heterocycles. The number of primary sulfonamides is 1. The fourth-order valence-electron chi connectivity index (χ4n) is 4.19. The zero-order valence-electron chi connectivity index (χ0n) is 16.2. The Bertz CT molecular complexity index is 1210. The Morgan fingerprint density at radius 1 is 1.27 bits per heavy atom. The highest BCUT2D eigenvalue weighted by molar-refractivity contribution is 7.89. The first kappa shape index (κ1) is 19.0. The van der Waals surface area contributed by atoms with Crippen molar-refractivity contribution in [2.75, 3.05) is 24.5 Å². The number of sulfonamides is 1. The molecule has 5 rings (SSSR count). The molecule has 0 bridgehead atoms. The molecule has 3 aromatic heterocycles. The molecule has 1 amide bonds. The largest absolute Gasteiger partial charge is 0.352 e. The van der Waals surface area contributed by atoms with E-state index in [2.05, 4.69) is 25.0 Å². The van der Waals surface area contributed by atoms with Crippen LogP contribution in [0.1, 0.15) is 19.3 Å². The number of hydrogen-bond acceptors (Lipinski definition) is 7. The molecule has 0 atom stereocenters. The molecular weight excluding hydrogens is 408 g/mol. The molecule has 12 heteroatoms. The van der Waals surface area contributed by atoms with Gasteiger partial charge in [0, 0.05) is 45.0 Å². The molecule has 1 saturated carbocycles. The molecule has 4 heterocycles. The van der Waals surface area contributed by atoms with Gasteiger partial charge in [-0.2, -0.15) is 5.10 Å². The molecule has 1 spiro atoms. The van der Waals surface area contributed by atoms with Crippen molar-refractivity contribution < 1.29 is 13.2 Å². The van der Waals surface area contributed by atoms with Crippen molar-refractivity contribution in [2.24, 2.45) is 5.14 Å². The summed E-state index contributed by atoms with van der Waals surface area (Å²) in [5.41, 5.74) is 0.653. The summed E-state index contributed by atoms with van der Waals surface area (Å²) in [6.45, 7) is 2.37. The Kier molecular flexibility index (Phi) is 4.29. The number of nitrogens with zero attached hydrogens (tertiary/aromatic N) is 6. The molecule has 1 aliphatic carbocycles. The molecule has 1 aliphatic heterocycles. The van der Waals surface area contributed by atoms with E-state index in [0.717, 1.165) is 36.2 Å². The van der Waals surface area contributed by atoms with Gasteiger partial charge in [-0.1, -0.05) is 0 Å². The molecule has 11 nitrogen and oxygen atoms in total. The molecule has 0 unspecified atom stereocenters. The third-order valence-corrected chi connectivity index (χ3v) is 6.77. The van der Waals surface area contributed by atoms with Crippen molar-refractivity contribution >= 4 is 32.8 Å². The number of carbonyl (C=O) groups excluding carboxylic acids is 1. The van der Waals surface area contributed by atoms with E-state index in [1.54, 1.807) is 6.33 Å². The standard InChI is InChI=1S/C18H22N8O3S/c19-30(28,29)13-9-23-25(10-13)6-2-15(27)26-8-7-24(11-18(26)3-4-18)17-14-1-5-20-16(14)21-12-22-17/h1,5,9-10,12H,2-4,6-8,11H2,(H2,19,28,29)(H,20,21,22). The second-order valence-corrected chi connectivity index (χ2v) is 9.42. The van der Waals surface area contributed by atoms with E-state index in [1.807, 2.05) is 17.2 Å². The van der Waals surface area contributed by atoms with Crippen molar-refractivity contribution in [3.8, 4) is 0 Å². The lowest BCUT2D eigenvalue weighted by molar-refractivity contribution is -0.135. The van der Waals surface area contributed by atoms with Gasteiger partial charge in [-0.15, -0.1) is 0 Å². The van der Waals surface area contributed by atoms with E-state index in [1.165, 1.54) is 17.1 Å². The number of aromatic amines is 1. The lowest BCUT2D eigenvalue weighted by Gasteiger charge is -2.43. The average Bonchev–Trinajstić information content (AvgIpc) is 3.13. The number of amides is 1. The maximum absolute atomic E-state index is 12.9. The van der Waals surface area contributed by atoms with Gasteiger partial charge in [-0.25, -0.2) is 23.5 Å². The molecule has 2 fully saturated rings. The Balaban J connectivity index is 1.26. The number of H-pyrrole nitrogens is 1. The smallest absolute Gasteiger partial charge is 0.241 e. The fourth-order valence-corrected chi connectivity index (χ4v) is 4.65. The van der Waals surface area contributed by atoms with Gasteiger partial charge in [0.25, 0.3) is 0 Å². The van der Waals surface area contributed by atoms with Crippen LogP contribution in [0, 0.1) is 0 Å². The van der Waals surface area contributed by atoms with Crippen LogP contribution in [0.25, 0.3) is 11.0 Å². The van der Waals surface area contributed by atoms with Crippen molar-refractivity contribution in [3.63, 3.8) is 0 Å². The second-order valence-electron chi connectivity index (χ2n) is 7.86. The van der Waals surface area contributed by atoms with Crippen molar-refractivity contribution in [2.45, 2.75) is 36.2 Å². The van der Waals surface area contributed by atoms with E-state index >= 15 is 0 Å². The van der Waals surface area contributed by atoms with Crippen LogP contribution in [0.4, 0.5) is 5.82 Å². The number of carbonyl (C=O) groups is 1. The van der Waals surface area contributed by atoms with Crippen LogP contribution >= 0.6 is 0 Å². The minimum atomic E-state index is -3.79.